The topological polar surface area (TPSA) is 87.7 Å². The molecular formula is C19H22F5N3O4. The Bertz CT molecular complexity index is 846. The van der Waals surface area contributed by atoms with Crippen molar-refractivity contribution in [3.05, 3.63) is 24.3 Å². The molecule has 2 N–H and O–H groups in total. The SMILES string of the molecule is CCC(C(=O)NCC(F)(F)C(F)(F)F)C(=O)N[C@@H]1C(=O)N(C)c2ccccc2O[C@@H]1C. The number of nitrogens with one attached hydrogen (secondary N) is 2. The second kappa shape index (κ2) is 9.06. The van der Waals surface area contributed by atoms with Crippen LogP contribution < -0.4 is 20.3 Å². The third-order valence-corrected chi connectivity index (χ3v) is 4.84. The minimum absolute atomic E-state index is 0.193. The van der Waals surface area contributed by atoms with Gasteiger partial charge in [-0.25, -0.2) is 0 Å². The lowest BCUT2D eigenvalue weighted by atomic mass is 10.0. The summed E-state index contributed by atoms with van der Waals surface area (Å²) in [6.07, 6.45) is -6.89. The lowest BCUT2D eigenvalue weighted by Crippen LogP contribution is -2.56. The van der Waals surface area contributed by atoms with Gasteiger partial charge in [-0.2, -0.15) is 22.0 Å². The number of hydrogen-bond acceptors (Lipinski definition) is 4. The highest BCUT2D eigenvalue weighted by Gasteiger charge is 2.57. The number of carbonyl (C=O) groups is 3. The Morgan fingerprint density at radius 3 is 2.35 bits per heavy atom. The third kappa shape index (κ3) is 5.23. The predicted octanol–water partition coefficient (Wildman–Crippen LogP) is 2.26. The summed E-state index contributed by atoms with van der Waals surface area (Å²) in [5, 5.41) is 3.82. The average molecular weight is 451 g/mol. The molecule has 0 aliphatic carbocycles. The second-order valence-electron chi connectivity index (χ2n) is 7.06. The molecule has 7 nitrogen and oxygen atoms in total. The molecule has 0 saturated carbocycles. The summed E-state index contributed by atoms with van der Waals surface area (Å²) in [6, 6.07) is 5.42. The van der Waals surface area contributed by atoms with Gasteiger partial charge in [0.2, 0.25) is 11.8 Å². The van der Waals surface area contributed by atoms with Crippen LogP contribution in [0.15, 0.2) is 24.3 Å². The number of rotatable bonds is 6. The van der Waals surface area contributed by atoms with Gasteiger partial charge in [0, 0.05) is 7.05 Å². The summed E-state index contributed by atoms with van der Waals surface area (Å²) < 4.78 is 68.6. The van der Waals surface area contributed by atoms with E-state index in [0.29, 0.717) is 11.4 Å². The van der Waals surface area contributed by atoms with Crippen LogP contribution in [0.5, 0.6) is 5.75 Å². The van der Waals surface area contributed by atoms with E-state index in [0.717, 1.165) is 0 Å². The molecule has 3 amide bonds. The van der Waals surface area contributed by atoms with Crippen LogP contribution in [0.1, 0.15) is 20.3 Å². The summed E-state index contributed by atoms with van der Waals surface area (Å²) >= 11 is 0. The number of carbonyl (C=O) groups excluding carboxylic acids is 3. The van der Waals surface area contributed by atoms with E-state index in [2.05, 4.69) is 5.32 Å². The maximum Gasteiger partial charge on any atom is 0.455 e. The molecule has 1 heterocycles. The Hall–Kier alpha value is -2.92. The number of amides is 3. The van der Waals surface area contributed by atoms with Crippen molar-refractivity contribution < 1.29 is 41.1 Å². The van der Waals surface area contributed by atoms with Crippen LogP contribution in [0, 0.1) is 5.92 Å². The maximum atomic E-state index is 13.0. The Labute approximate surface area is 174 Å². The minimum atomic E-state index is -5.84. The molecule has 2 rings (SSSR count). The first-order valence-electron chi connectivity index (χ1n) is 9.36. The third-order valence-electron chi connectivity index (χ3n) is 4.84. The first-order valence-corrected chi connectivity index (χ1v) is 9.36. The van der Waals surface area contributed by atoms with Crippen LogP contribution in [-0.2, 0) is 14.4 Å². The molecule has 0 aromatic heterocycles. The first-order chi connectivity index (χ1) is 14.3. The number of para-hydroxylation sites is 2. The molecule has 0 spiro atoms. The molecule has 1 aromatic carbocycles. The van der Waals surface area contributed by atoms with Gasteiger partial charge in [-0.1, -0.05) is 19.1 Å². The van der Waals surface area contributed by atoms with Gasteiger partial charge in [-0.3, -0.25) is 14.4 Å². The predicted molar refractivity (Wildman–Crippen MR) is 99.7 cm³/mol. The van der Waals surface area contributed by atoms with Crippen molar-refractivity contribution in [1.82, 2.24) is 10.6 Å². The van der Waals surface area contributed by atoms with Crippen molar-refractivity contribution in [1.29, 1.82) is 0 Å². The highest BCUT2D eigenvalue weighted by atomic mass is 19.4. The molecule has 0 saturated heterocycles. The normalized spacial score (nSPS) is 20.3. The number of hydrogen-bond donors (Lipinski definition) is 2. The monoisotopic (exact) mass is 451 g/mol. The Morgan fingerprint density at radius 1 is 1.16 bits per heavy atom. The summed E-state index contributed by atoms with van der Waals surface area (Å²) in [7, 11) is 1.46. The van der Waals surface area contributed by atoms with E-state index in [1.807, 2.05) is 0 Å². The van der Waals surface area contributed by atoms with E-state index < -0.39 is 54.4 Å². The number of ether oxygens (including phenoxy) is 1. The van der Waals surface area contributed by atoms with Crippen LogP contribution in [0.2, 0.25) is 0 Å². The van der Waals surface area contributed by atoms with Crippen molar-refractivity contribution in [2.24, 2.45) is 5.92 Å². The zero-order chi connectivity index (χ0) is 23.6. The zero-order valence-corrected chi connectivity index (χ0v) is 16.9. The first kappa shape index (κ1) is 24.4. The lowest BCUT2D eigenvalue weighted by Gasteiger charge is -2.26. The molecule has 1 aliphatic rings. The number of nitrogens with zero attached hydrogens (tertiary/aromatic N) is 1. The van der Waals surface area contributed by atoms with Crippen molar-refractivity contribution in [2.75, 3.05) is 18.5 Å². The molecule has 1 unspecified atom stereocenters. The van der Waals surface area contributed by atoms with E-state index in [1.165, 1.54) is 31.1 Å². The number of likely N-dealkylation sites (N-methyl/N-ethyl adjacent to an activating group) is 1. The van der Waals surface area contributed by atoms with Crippen molar-refractivity contribution in [3.63, 3.8) is 0 Å². The van der Waals surface area contributed by atoms with Crippen molar-refractivity contribution in [2.45, 2.75) is 44.5 Å². The Balaban J connectivity index is 2.11. The summed E-state index contributed by atoms with van der Waals surface area (Å²) in [5.74, 6) is -9.20. The van der Waals surface area contributed by atoms with Crippen LogP contribution >= 0.6 is 0 Å². The Kier molecular flexibility index (Phi) is 7.12. The number of benzene rings is 1. The van der Waals surface area contributed by atoms with Crippen LogP contribution in [-0.4, -0.2) is 55.6 Å². The van der Waals surface area contributed by atoms with Gasteiger partial charge in [0.15, 0.2) is 0 Å². The fourth-order valence-electron chi connectivity index (χ4n) is 2.97. The molecule has 0 radical (unpaired) electrons. The largest absolute Gasteiger partial charge is 0.486 e. The van der Waals surface area contributed by atoms with Gasteiger partial charge >= 0.3 is 12.1 Å². The Morgan fingerprint density at radius 2 is 1.77 bits per heavy atom. The lowest BCUT2D eigenvalue weighted by molar-refractivity contribution is -0.278. The standard InChI is InChI=1S/C19H22F5N3O4/c1-4-11(15(28)25-9-18(20,21)19(22,23)24)16(29)26-14-10(2)31-13-8-6-5-7-12(13)27(3)17(14)30/h5-8,10-11,14H,4,9H2,1-3H3,(H,25,28)(H,26,29)/t10-,11?,14+/m1/s1. The molecule has 172 valence electrons. The van der Waals surface area contributed by atoms with Gasteiger partial charge in [-0.05, 0) is 25.5 Å². The van der Waals surface area contributed by atoms with Gasteiger partial charge in [0.1, 0.15) is 23.8 Å². The van der Waals surface area contributed by atoms with E-state index in [1.54, 1.807) is 24.3 Å². The smallest absolute Gasteiger partial charge is 0.455 e. The molecule has 0 fully saturated rings. The molecule has 3 atom stereocenters. The van der Waals surface area contributed by atoms with Gasteiger partial charge < -0.3 is 20.3 Å². The molecule has 0 bridgehead atoms. The van der Waals surface area contributed by atoms with Gasteiger partial charge in [-0.15, -0.1) is 0 Å². The van der Waals surface area contributed by atoms with E-state index in [-0.39, 0.29) is 6.42 Å². The molecule has 1 aliphatic heterocycles. The fourth-order valence-corrected chi connectivity index (χ4v) is 2.97. The molecule has 31 heavy (non-hydrogen) atoms. The van der Waals surface area contributed by atoms with Gasteiger partial charge in [0.25, 0.3) is 5.91 Å². The zero-order valence-electron chi connectivity index (χ0n) is 16.9. The van der Waals surface area contributed by atoms with Crippen LogP contribution in [0.25, 0.3) is 0 Å². The number of fused-ring (bicyclic) bond motifs is 1. The second-order valence-corrected chi connectivity index (χ2v) is 7.06. The highest BCUT2D eigenvalue weighted by molar-refractivity contribution is 6.04. The number of anilines is 1. The summed E-state index contributed by atoms with van der Waals surface area (Å²) in [6.45, 7) is 0.894. The molecule has 1 aromatic rings. The summed E-state index contributed by atoms with van der Waals surface area (Å²) in [5.41, 5.74) is 0.454. The molecule has 12 heteroatoms. The van der Waals surface area contributed by atoms with E-state index in [9.17, 15) is 36.3 Å². The fraction of sp³-hybridized carbons (Fsp3) is 0.526. The van der Waals surface area contributed by atoms with Crippen LogP contribution in [0.3, 0.4) is 0 Å². The highest BCUT2D eigenvalue weighted by Crippen LogP contribution is 2.35. The maximum absolute atomic E-state index is 13.0. The van der Waals surface area contributed by atoms with Crippen LogP contribution in [0.4, 0.5) is 27.6 Å². The number of halogens is 5. The van der Waals surface area contributed by atoms with Crippen molar-refractivity contribution >= 4 is 23.4 Å². The summed E-state index contributed by atoms with van der Waals surface area (Å²) in [4.78, 5) is 38.8. The minimum Gasteiger partial charge on any atom is -0.486 e. The quantitative estimate of drug-likeness (QED) is 0.513. The molecular weight excluding hydrogens is 429 g/mol. The number of alkyl halides is 5. The van der Waals surface area contributed by atoms with Gasteiger partial charge in [0.05, 0.1) is 12.2 Å². The van der Waals surface area contributed by atoms with E-state index >= 15 is 0 Å². The van der Waals surface area contributed by atoms with Crippen molar-refractivity contribution in [3.8, 4) is 5.75 Å². The van der Waals surface area contributed by atoms with E-state index in [4.69, 9.17) is 4.74 Å². The average Bonchev–Trinajstić information content (AvgIpc) is 2.77.